The summed E-state index contributed by atoms with van der Waals surface area (Å²) >= 11 is 0. The summed E-state index contributed by atoms with van der Waals surface area (Å²) in [5.41, 5.74) is 9.12. The van der Waals surface area contributed by atoms with Gasteiger partial charge >= 0.3 is 0 Å². The molecule has 0 bridgehead atoms. The highest BCUT2D eigenvalue weighted by atomic mass is 16.2. The first-order chi connectivity index (χ1) is 11.9. The number of rotatable bonds is 4. The Morgan fingerprint density at radius 2 is 1.88 bits per heavy atom. The maximum absolute atomic E-state index is 13.0. The van der Waals surface area contributed by atoms with Crippen molar-refractivity contribution in [3.63, 3.8) is 0 Å². The minimum absolute atomic E-state index is 0.104. The Bertz CT molecular complexity index is 845. The molecular formula is C20H23N3O2. The summed E-state index contributed by atoms with van der Waals surface area (Å²) in [6, 6.07) is 11.9. The summed E-state index contributed by atoms with van der Waals surface area (Å²) in [4.78, 5) is 24.9. The van der Waals surface area contributed by atoms with Gasteiger partial charge in [-0.15, -0.1) is 0 Å². The van der Waals surface area contributed by atoms with Crippen molar-refractivity contribution >= 4 is 23.2 Å². The van der Waals surface area contributed by atoms with Crippen LogP contribution < -0.4 is 15.8 Å². The van der Waals surface area contributed by atoms with Gasteiger partial charge in [0, 0.05) is 13.5 Å². The van der Waals surface area contributed by atoms with Crippen molar-refractivity contribution in [2.75, 3.05) is 17.5 Å². The monoisotopic (exact) mass is 337 g/mol. The Kier molecular flexibility index (Phi) is 4.49. The molecule has 0 aromatic heterocycles. The molecule has 0 aliphatic carbocycles. The van der Waals surface area contributed by atoms with Crippen LogP contribution >= 0.6 is 0 Å². The molecule has 5 nitrogen and oxygen atoms in total. The van der Waals surface area contributed by atoms with E-state index in [1.54, 1.807) is 12.1 Å². The lowest BCUT2D eigenvalue weighted by molar-refractivity contribution is -0.125. The van der Waals surface area contributed by atoms with Gasteiger partial charge in [0.1, 0.15) is 0 Å². The van der Waals surface area contributed by atoms with Crippen LogP contribution in [0.2, 0.25) is 0 Å². The second-order valence-electron chi connectivity index (χ2n) is 6.55. The Balaban J connectivity index is 2.00. The quantitative estimate of drug-likeness (QED) is 0.900. The molecule has 0 radical (unpaired) electrons. The zero-order chi connectivity index (χ0) is 18.1. The number of carbonyl (C=O) groups excluding carboxylic acids is 2. The third kappa shape index (κ3) is 3.09. The van der Waals surface area contributed by atoms with Gasteiger partial charge in [0.25, 0.3) is 5.91 Å². The molecule has 1 aliphatic heterocycles. The van der Waals surface area contributed by atoms with Crippen molar-refractivity contribution < 1.29 is 9.59 Å². The molecule has 2 aromatic carbocycles. The van der Waals surface area contributed by atoms with Crippen molar-refractivity contribution in [3.8, 4) is 0 Å². The minimum atomic E-state index is -0.465. The lowest BCUT2D eigenvalue weighted by Gasteiger charge is -2.23. The predicted octanol–water partition coefficient (Wildman–Crippen LogP) is 3.21. The second-order valence-corrected chi connectivity index (χ2v) is 6.55. The Morgan fingerprint density at radius 1 is 1.12 bits per heavy atom. The first-order valence-corrected chi connectivity index (χ1v) is 8.40. The van der Waals surface area contributed by atoms with Gasteiger partial charge in [0.2, 0.25) is 5.91 Å². The number of aryl methyl sites for hydroxylation is 3. The molecule has 2 aromatic rings. The standard InChI is InChI=1S/C20H23N3O2/c1-12-8-9-17(14(3)10-12)22-23-19-13(2)6-5-7-15(19)16(20(23)25)11-18(24)21-4/h5-10,16,22H,11H2,1-4H3,(H,21,24). The van der Waals surface area contributed by atoms with Gasteiger partial charge in [0.05, 0.1) is 17.3 Å². The molecule has 0 spiro atoms. The largest absolute Gasteiger partial charge is 0.359 e. The van der Waals surface area contributed by atoms with Crippen LogP contribution in [0.1, 0.15) is 34.6 Å². The molecular weight excluding hydrogens is 314 g/mol. The smallest absolute Gasteiger partial charge is 0.253 e. The number of amides is 2. The molecule has 0 saturated carbocycles. The SMILES string of the molecule is CNC(=O)CC1C(=O)N(Nc2ccc(C)cc2C)c2c(C)cccc21. The zero-order valence-corrected chi connectivity index (χ0v) is 15.0. The molecule has 2 N–H and O–H groups in total. The van der Waals surface area contributed by atoms with Crippen molar-refractivity contribution in [3.05, 3.63) is 58.7 Å². The first-order valence-electron chi connectivity index (χ1n) is 8.40. The van der Waals surface area contributed by atoms with Crippen molar-refractivity contribution in [1.82, 2.24) is 5.32 Å². The second kappa shape index (κ2) is 6.59. The Morgan fingerprint density at radius 3 is 2.56 bits per heavy atom. The fraction of sp³-hybridized carbons (Fsp3) is 0.300. The number of fused-ring (bicyclic) bond motifs is 1. The third-order valence-corrected chi connectivity index (χ3v) is 4.67. The number of hydrogen-bond donors (Lipinski definition) is 2. The molecule has 130 valence electrons. The van der Waals surface area contributed by atoms with Crippen LogP contribution in [0.4, 0.5) is 11.4 Å². The molecule has 0 fully saturated rings. The van der Waals surface area contributed by atoms with E-state index in [0.717, 1.165) is 28.1 Å². The van der Waals surface area contributed by atoms with Crippen LogP contribution in [-0.4, -0.2) is 18.9 Å². The van der Waals surface area contributed by atoms with Gasteiger partial charge in [-0.2, -0.15) is 0 Å². The van der Waals surface area contributed by atoms with Crippen molar-refractivity contribution in [1.29, 1.82) is 0 Å². The van der Waals surface area contributed by atoms with Crippen molar-refractivity contribution in [2.45, 2.75) is 33.1 Å². The van der Waals surface area contributed by atoms with Gasteiger partial charge in [-0.3, -0.25) is 15.0 Å². The van der Waals surface area contributed by atoms with Crippen LogP contribution in [0.25, 0.3) is 0 Å². The van der Waals surface area contributed by atoms with E-state index in [1.807, 2.05) is 51.1 Å². The number of anilines is 2. The summed E-state index contributed by atoms with van der Waals surface area (Å²) in [5, 5.41) is 4.20. The Hall–Kier alpha value is -2.82. The van der Waals surface area contributed by atoms with Crippen LogP contribution in [0.15, 0.2) is 36.4 Å². The van der Waals surface area contributed by atoms with Gasteiger partial charge < -0.3 is 5.32 Å². The molecule has 1 unspecified atom stereocenters. The van der Waals surface area contributed by atoms with Crippen LogP contribution in [-0.2, 0) is 9.59 Å². The molecule has 1 aliphatic rings. The van der Waals surface area contributed by atoms with Gasteiger partial charge in [-0.1, -0.05) is 35.9 Å². The number of nitrogens with one attached hydrogen (secondary N) is 2. The molecule has 0 saturated heterocycles. The van der Waals surface area contributed by atoms with E-state index in [0.29, 0.717) is 0 Å². The Labute approximate surface area is 148 Å². The molecule has 3 rings (SSSR count). The average Bonchev–Trinajstić information content (AvgIpc) is 2.84. The van der Waals surface area contributed by atoms with E-state index in [-0.39, 0.29) is 18.2 Å². The number of carbonyl (C=O) groups is 2. The minimum Gasteiger partial charge on any atom is -0.359 e. The van der Waals surface area contributed by atoms with Crippen molar-refractivity contribution in [2.24, 2.45) is 0 Å². The van der Waals surface area contributed by atoms with Crippen LogP contribution in [0, 0.1) is 20.8 Å². The maximum Gasteiger partial charge on any atom is 0.253 e. The molecule has 1 atom stereocenters. The van der Waals surface area contributed by atoms with E-state index in [9.17, 15) is 9.59 Å². The highest BCUT2D eigenvalue weighted by Crippen LogP contribution is 2.41. The lowest BCUT2D eigenvalue weighted by Crippen LogP contribution is -2.36. The van der Waals surface area contributed by atoms with Crippen LogP contribution in [0.5, 0.6) is 0 Å². The molecule has 5 heteroatoms. The first kappa shape index (κ1) is 17.0. The fourth-order valence-electron chi connectivity index (χ4n) is 3.32. The average molecular weight is 337 g/mol. The summed E-state index contributed by atoms with van der Waals surface area (Å²) in [7, 11) is 1.59. The van der Waals surface area contributed by atoms with E-state index >= 15 is 0 Å². The van der Waals surface area contributed by atoms with Gasteiger partial charge in [-0.05, 0) is 43.5 Å². The summed E-state index contributed by atoms with van der Waals surface area (Å²) in [6.07, 6.45) is 0.150. The third-order valence-electron chi connectivity index (χ3n) is 4.67. The molecule has 1 heterocycles. The number of benzene rings is 2. The fourth-order valence-corrected chi connectivity index (χ4v) is 3.32. The van der Waals surface area contributed by atoms with Gasteiger partial charge in [0.15, 0.2) is 0 Å². The van der Waals surface area contributed by atoms with E-state index in [4.69, 9.17) is 0 Å². The van der Waals surface area contributed by atoms with Crippen LogP contribution in [0.3, 0.4) is 0 Å². The molecule has 2 amide bonds. The number of hydrogen-bond acceptors (Lipinski definition) is 3. The topological polar surface area (TPSA) is 61.4 Å². The zero-order valence-electron chi connectivity index (χ0n) is 15.0. The van der Waals surface area contributed by atoms with E-state index in [2.05, 4.69) is 16.8 Å². The summed E-state index contributed by atoms with van der Waals surface area (Å²) in [6.45, 7) is 6.03. The number of hydrazine groups is 1. The summed E-state index contributed by atoms with van der Waals surface area (Å²) < 4.78 is 0. The van der Waals surface area contributed by atoms with Gasteiger partial charge in [-0.25, -0.2) is 5.01 Å². The maximum atomic E-state index is 13.0. The number of para-hydroxylation sites is 1. The van der Waals surface area contributed by atoms with E-state index in [1.165, 1.54) is 5.56 Å². The lowest BCUT2D eigenvalue weighted by atomic mass is 9.95. The summed E-state index contributed by atoms with van der Waals surface area (Å²) in [5.74, 6) is -0.708. The predicted molar refractivity (Wildman–Crippen MR) is 99.6 cm³/mol. The molecule has 25 heavy (non-hydrogen) atoms. The number of nitrogens with zero attached hydrogens (tertiary/aromatic N) is 1. The highest BCUT2D eigenvalue weighted by Gasteiger charge is 2.39. The van der Waals surface area contributed by atoms with E-state index < -0.39 is 5.92 Å². The highest BCUT2D eigenvalue weighted by molar-refractivity contribution is 6.08. The normalized spacial score (nSPS) is 15.9.